The average molecular weight is 528 g/mol. The maximum atomic E-state index is 13.8. The fraction of sp³-hybridized carbons (Fsp3) is 0.259. The van der Waals surface area contributed by atoms with Crippen molar-refractivity contribution in [1.82, 2.24) is 10.2 Å². The largest absolute Gasteiger partial charge is 0.357 e. The fourth-order valence-electron chi connectivity index (χ4n) is 3.77. The van der Waals surface area contributed by atoms with Gasteiger partial charge in [0.05, 0.1) is 10.6 Å². The molecular weight excluding hydrogens is 498 g/mol. The number of aryl methyl sites for hydroxylation is 2. The van der Waals surface area contributed by atoms with E-state index < -0.39 is 28.5 Å². The van der Waals surface area contributed by atoms with Gasteiger partial charge in [0.25, 0.3) is 10.0 Å². The van der Waals surface area contributed by atoms with Crippen LogP contribution in [0.5, 0.6) is 0 Å². The molecule has 0 bridgehead atoms. The van der Waals surface area contributed by atoms with Gasteiger partial charge in [-0.25, -0.2) is 8.42 Å². The predicted molar refractivity (Wildman–Crippen MR) is 142 cm³/mol. The Hall–Kier alpha value is -3.36. The van der Waals surface area contributed by atoms with Crippen LogP contribution in [0.3, 0.4) is 0 Å². The highest BCUT2D eigenvalue weighted by molar-refractivity contribution is 7.92. The lowest BCUT2D eigenvalue weighted by Crippen LogP contribution is -2.50. The van der Waals surface area contributed by atoms with E-state index in [0.717, 1.165) is 15.4 Å². The lowest BCUT2D eigenvalue weighted by Gasteiger charge is -2.32. The van der Waals surface area contributed by atoms with E-state index in [0.29, 0.717) is 16.3 Å². The number of rotatable bonds is 9. The van der Waals surface area contributed by atoms with E-state index in [1.807, 2.05) is 37.3 Å². The molecule has 0 aliphatic heterocycles. The smallest absolute Gasteiger partial charge is 0.264 e. The van der Waals surface area contributed by atoms with Crippen LogP contribution in [0.15, 0.2) is 77.7 Å². The van der Waals surface area contributed by atoms with Crippen LogP contribution in [0.4, 0.5) is 5.69 Å². The van der Waals surface area contributed by atoms with Gasteiger partial charge in [-0.2, -0.15) is 0 Å². The van der Waals surface area contributed by atoms with Gasteiger partial charge in [-0.05, 0) is 56.2 Å². The van der Waals surface area contributed by atoms with Crippen LogP contribution < -0.4 is 9.62 Å². The van der Waals surface area contributed by atoms with E-state index in [-0.39, 0.29) is 17.3 Å². The van der Waals surface area contributed by atoms with Gasteiger partial charge in [0.2, 0.25) is 11.8 Å². The fourth-order valence-corrected chi connectivity index (χ4v) is 5.41. The van der Waals surface area contributed by atoms with Crippen molar-refractivity contribution in [2.45, 2.75) is 38.3 Å². The Balaban J connectivity index is 2.07. The first-order chi connectivity index (χ1) is 17.0. The predicted octanol–water partition coefficient (Wildman–Crippen LogP) is 4.32. The highest BCUT2D eigenvalue weighted by Gasteiger charge is 2.33. The Morgan fingerprint density at radius 1 is 0.972 bits per heavy atom. The van der Waals surface area contributed by atoms with Crippen molar-refractivity contribution in [3.05, 3.63) is 94.5 Å². The molecule has 0 spiro atoms. The van der Waals surface area contributed by atoms with Crippen LogP contribution in [0.25, 0.3) is 0 Å². The van der Waals surface area contributed by atoms with Crippen LogP contribution in [0, 0.1) is 13.8 Å². The molecule has 1 N–H and O–H groups in total. The standard InChI is InChI=1S/C27H30ClN3O4S/c1-19-10-14-24(15-11-19)36(34,35)31(25-16-23(28)13-12-20(25)2)18-26(32)30(21(3)27(33)29-4)17-22-8-6-5-7-9-22/h5-16,21H,17-18H2,1-4H3,(H,29,33)/t21-/m0/s1. The Bertz CT molecular complexity index is 1330. The zero-order valence-electron chi connectivity index (χ0n) is 20.7. The zero-order valence-corrected chi connectivity index (χ0v) is 22.3. The third-order valence-corrected chi connectivity index (χ3v) is 7.95. The second kappa shape index (κ2) is 11.6. The molecule has 2 amide bonds. The van der Waals surface area contributed by atoms with Crippen molar-refractivity contribution >= 4 is 39.1 Å². The summed E-state index contributed by atoms with van der Waals surface area (Å²) in [4.78, 5) is 27.7. The Kier molecular flexibility index (Phi) is 8.76. The number of likely N-dealkylation sites (N-methyl/N-ethyl adjacent to an activating group) is 1. The average Bonchev–Trinajstić information content (AvgIpc) is 2.87. The molecule has 0 radical (unpaired) electrons. The highest BCUT2D eigenvalue weighted by atomic mass is 35.5. The number of amides is 2. The molecule has 0 aliphatic rings. The summed E-state index contributed by atoms with van der Waals surface area (Å²) in [6.45, 7) is 4.86. The first kappa shape index (κ1) is 27.2. The van der Waals surface area contributed by atoms with Gasteiger partial charge in [-0.1, -0.05) is 65.7 Å². The summed E-state index contributed by atoms with van der Waals surface area (Å²) in [5, 5.41) is 2.91. The summed E-state index contributed by atoms with van der Waals surface area (Å²) >= 11 is 6.23. The van der Waals surface area contributed by atoms with Crippen LogP contribution in [0.2, 0.25) is 5.02 Å². The number of nitrogens with zero attached hydrogens (tertiary/aromatic N) is 2. The minimum Gasteiger partial charge on any atom is -0.357 e. The van der Waals surface area contributed by atoms with E-state index in [4.69, 9.17) is 11.6 Å². The number of hydrogen-bond acceptors (Lipinski definition) is 4. The molecular formula is C27H30ClN3O4S. The second-order valence-electron chi connectivity index (χ2n) is 8.55. The topological polar surface area (TPSA) is 86.8 Å². The molecule has 0 saturated carbocycles. The van der Waals surface area contributed by atoms with Crippen molar-refractivity contribution in [1.29, 1.82) is 0 Å². The zero-order chi connectivity index (χ0) is 26.5. The van der Waals surface area contributed by atoms with Crippen LogP contribution in [0.1, 0.15) is 23.6 Å². The van der Waals surface area contributed by atoms with Gasteiger partial charge in [0, 0.05) is 18.6 Å². The number of sulfonamides is 1. The molecule has 0 fully saturated rings. The minimum atomic E-state index is -4.14. The van der Waals surface area contributed by atoms with E-state index in [1.165, 1.54) is 30.1 Å². The van der Waals surface area contributed by atoms with E-state index in [2.05, 4.69) is 5.32 Å². The number of hydrogen-bond donors (Lipinski definition) is 1. The first-order valence-electron chi connectivity index (χ1n) is 11.4. The van der Waals surface area contributed by atoms with Gasteiger partial charge in [0.15, 0.2) is 0 Å². The molecule has 190 valence electrons. The molecule has 3 aromatic rings. The van der Waals surface area contributed by atoms with Gasteiger partial charge in [-0.3, -0.25) is 13.9 Å². The van der Waals surface area contributed by atoms with Crippen molar-refractivity contribution in [2.24, 2.45) is 0 Å². The lowest BCUT2D eigenvalue weighted by molar-refractivity contribution is -0.139. The normalized spacial score (nSPS) is 12.0. The number of anilines is 1. The van der Waals surface area contributed by atoms with Crippen molar-refractivity contribution < 1.29 is 18.0 Å². The van der Waals surface area contributed by atoms with Gasteiger partial charge < -0.3 is 10.2 Å². The molecule has 3 rings (SSSR count). The number of nitrogens with one attached hydrogen (secondary N) is 1. The molecule has 1 atom stereocenters. The monoisotopic (exact) mass is 527 g/mol. The summed E-state index contributed by atoms with van der Waals surface area (Å²) in [6.07, 6.45) is 0. The molecule has 9 heteroatoms. The van der Waals surface area contributed by atoms with Crippen LogP contribution >= 0.6 is 11.6 Å². The van der Waals surface area contributed by atoms with Crippen LogP contribution in [-0.4, -0.2) is 44.8 Å². The van der Waals surface area contributed by atoms with Crippen molar-refractivity contribution in [3.8, 4) is 0 Å². The number of benzene rings is 3. The maximum Gasteiger partial charge on any atom is 0.264 e. The van der Waals surface area contributed by atoms with Gasteiger partial charge >= 0.3 is 0 Å². The molecule has 0 aromatic heterocycles. The second-order valence-corrected chi connectivity index (χ2v) is 10.9. The summed E-state index contributed by atoms with van der Waals surface area (Å²) in [6, 6.07) is 19.7. The third-order valence-electron chi connectivity index (χ3n) is 5.94. The van der Waals surface area contributed by atoms with E-state index in [9.17, 15) is 18.0 Å². The van der Waals surface area contributed by atoms with Crippen molar-refractivity contribution in [3.63, 3.8) is 0 Å². The Morgan fingerprint density at radius 2 is 1.61 bits per heavy atom. The molecule has 7 nitrogen and oxygen atoms in total. The number of carbonyl (C=O) groups excluding carboxylic acids is 2. The molecule has 0 aliphatic carbocycles. The third kappa shape index (κ3) is 6.25. The molecule has 0 unspecified atom stereocenters. The molecule has 0 saturated heterocycles. The Morgan fingerprint density at radius 3 is 2.22 bits per heavy atom. The molecule has 0 heterocycles. The summed E-state index contributed by atoms with van der Waals surface area (Å²) in [5.41, 5.74) is 2.65. The first-order valence-corrected chi connectivity index (χ1v) is 13.3. The SMILES string of the molecule is CNC(=O)[C@H](C)N(Cc1ccccc1)C(=O)CN(c1cc(Cl)ccc1C)S(=O)(=O)c1ccc(C)cc1. The van der Waals surface area contributed by atoms with E-state index >= 15 is 0 Å². The minimum absolute atomic E-state index is 0.0502. The maximum absolute atomic E-state index is 13.8. The van der Waals surface area contributed by atoms with Crippen molar-refractivity contribution in [2.75, 3.05) is 17.9 Å². The quantitative estimate of drug-likeness (QED) is 0.449. The molecule has 3 aromatic carbocycles. The van der Waals surface area contributed by atoms with Gasteiger partial charge in [-0.15, -0.1) is 0 Å². The summed E-state index contributed by atoms with van der Waals surface area (Å²) in [5.74, 6) is -0.879. The highest BCUT2D eigenvalue weighted by Crippen LogP contribution is 2.30. The summed E-state index contributed by atoms with van der Waals surface area (Å²) in [7, 11) is -2.64. The van der Waals surface area contributed by atoms with E-state index in [1.54, 1.807) is 38.1 Å². The Labute approximate surface area is 217 Å². The van der Waals surface area contributed by atoms with Crippen LogP contribution in [-0.2, 0) is 26.2 Å². The van der Waals surface area contributed by atoms with Gasteiger partial charge in [0.1, 0.15) is 12.6 Å². The molecule has 36 heavy (non-hydrogen) atoms. The lowest BCUT2D eigenvalue weighted by atomic mass is 10.1. The number of halogens is 1. The summed E-state index contributed by atoms with van der Waals surface area (Å²) < 4.78 is 28.7. The number of carbonyl (C=O) groups is 2.